The van der Waals surface area contributed by atoms with Gasteiger partial charge in [-0.25, -0.2) is 0 Å². The summed E-state index contributed by atoms with van der Waals surface area (Å²) in [6.45, 7) is -0.248. The molecule has 0 radical (unpaired) electrons. The van der Waals surface area contributed by atoms with Crippen LogP contribution in [0.1, 0.15) is 5.37 Å². The van der Waals surface area contributed by atoms with E-state index in [1.165, 1.54) is 22.5 Å². The number of anilines is 1. The first-order chi connectivity index (χ1) is 8.99. The van der Waals surface area contributed by atoms with E-state index in [1.807, 2.05) is 6.07 Å². The van der Waals surface area contributed by atoms with E-state index in [0.29, 0.717) is 0 Å². The van der Waals surface area contributed by atoms with Gasteiger partial charge in [0.15, 0.2) is 11.6 Å². The molecule has 1 aliphatic heterocycles. The first kappa shape index (κ1) is 14.1. The Bertz CT molecular complexity index is 585. The molecule has 0 amide bonds. The van der Waals surface area contributed by atoms with Gasteiger partial charge in [0, 0.05) is 0 Å². The van der Waals surface area contributed by atoms with Crippen molar-refractivity contribution in [1.82, 2.24) is 9.55 Å². The molecule has 1 fully saturated rings. The van der Waals surface area contributed by atoms with Crippen molar-refractivity contribution in [1.29, 1.82) is 5.26 Å². The Morgan fingerprint density at radius 1 is 1.63 bits per heavy atom. The zero-order valence-electron chi connectivity index (χ0n) is 9.67. The van der Waals surface area contributed by atoms with Gasteiger partial charge in [0.05, 0.1) is 30.2 Å². The number of hydrogen-bond acceptors (Lipinski definition) is 8. The molecular weight excluding hydrogens is 288 g/mol. The van der Waals surface area contributed by atoms with Crippen LogP contribution in [0.3, 0.4) is 0 Å². The second kappa shape index (κ2) is 5.34. The Kier molecular flexibility index (Phi) is 3.96. The molecule has 2 rings (SSSR count). The molecule has 0 bridgehead atoms. The van der Waals surface area contributed by atoms with Gasteiger partial charge in [-0.3, -0.25) is 0 Å². The Balaban J connectivity index is 2.45. The van der Waals surface area contributed by atoms with Gasteiger partial charge in [0.1, 0.15) is 11.3 Å². The number of aliphatic hydroxyl groups is 2. The summed E-state index contributed by atoms with van der Waals surface area (Å²) in [5.74, 6) is -1.08. The molecule has 19 heavy (non-hydrogen) atoms. The highest BCUT2D eigenvalue weighted by molar-refractivity contribution is 8.00. The lowest BCUT2D eigenvalue weighted by Gasteiger charge is -2.18. The maximum Gasteiger partial charge on any atom is 0.202 e. The molecular formula is C10H12N4O3S2. The number of aromatic hydroxyl groups is 1. The number of nitrogens with two attached hydrogens (primary N) is 1. The molecule has 0 spiro atoms. The molecule has 1 aromatic heterocycles. The number of nitrogens with zero attached hydrogens (tertiary/aromatic N) is 3. The predicted molar refractivity (Wildman–Crippen MR) is 71.7 cm³/mol. The summed E-state index contributed by atoms with van der Waals surface area (Å²) in [5.41, 5.74) is 5.43. The van der Waals surface area contributed by atoms with Gasteiger partial charge in [0.2, 0.25) is 4.77 Å². The first-order valence-corrected chi connectivity index (χ1v) is 6.76. The van der Waals surface area contributed by atoms with Crippen molar-refractivity contribution >= 4 is 29.8 Å². The number of nitriles is 1. The summed E-state index contributed by atoms with van der Waals surface area (Å²) >= 11 is 6.26. The molecule has 0 aliphatic carbocycles. The lowest BCUT2D eigenvalue weighted by molar-refractivity contribution is 0.111. The van der Waals surface area contributed by atoms with Gasteiger partial charge in [-0.15, -0.1) is 11.8 Å². The summed E-state index contributed by atoms with van der Waals surface area (Å²) < 4.78 is 1.53. The second-order valence-electron chi connectivity index (χ2n) is 4.09. The number of aliphatic hydroxyl groups excluding tert-OH is 2. The minimum absolute atomic E-state index is 0.0861. The average Bonchev–Trinajstić information content (AvgIpc) is 2.70. The second-order valence-corrected chi connectivity index (χ2v) is 5.82. The van der Waals surface area contributed by atoms with Crippen molar-refractivity contribution in [2.45, 2.75) is 16.7 Å². The van der Waals surface area contributed by atoms with E-state index in [9.17, 15) is 15.3 Å². The van der Waals surface area contributed by atoms with Crippen LogP contribution in [0.25, 0.3) is 0 Å². The fourth-order valence-electron chi connectivity index (χ4n) is 1.93. The molecule has 0 aromatic carbocycles. The molecule has 9 heteroatoms. The molecule has 5 N–H and O–H groups in total. The number of rotatable bonds is 2. The number of nitrogen functional groups attached to an aromatic ring is 1. The van der Waals surface area contributed by atoms with Crippen LogP contribution < -0.4 is 5.73 Å². The van der Waals surface area contributed by atoms with E-state index in [2.05, 4.69) is 4.98 Å². The maximum atomic E-state index is 9.94. The molecule has 4 unspecified atom stereocenters. The van der Waals surface area contributed by atoms with E-state index < -0.39 is 22.6 Å². The van der Waals surface area contributed by atoms with Gasteiger partial charge in [-0.2, -0.15) is 10.2 Å². The van der Waals surface area contributed by atoms with Crippen LogP contribution in [0.15, 0.2) is 6.20 Å². The van der Waals surface area contributed by atoms with Crippen LogP contribution in [-0.4, -0.2) is 42.8 Å². The van der Waals surface area contributed by atoms with Crippen molar-refractivity contribution in [2.24, 2.45) is 5.92 Å². The van der Waals surface area contributed by atoms with Crippen molar-refractivity contribution in [2.75, 3.05) is 12.3 Å². The minimum Gasteiger partial charge on any atom is -0.503 e. The Morgan fingerprint density at radius 3 is 2.89 bits per heavy atom. The molecule has 2 heterocycles. The molecule has 1 saturated heterocycles. The maximum absolute atomic E-state index is 9.94. The SMILES string of the molecule is N#CC1C(O)C(CO)SC1n1cc(O)c(N)nc1=S. The standard InChI is InChI=1S/C10H12N4O3S2/c11-1-4-7(17)6(3-15)19-9(4)14-2-5(16)8(12)13-10(14)18/h2,4,6-7,9,15-17H,3H2,(H2,12,13,18). The van der Waals surface area contributed by atoms with E-state index in [4.69, 9.17) is 23.2 Å². The van der Waals surface area contributed by atoms with E-state index in [0.717, 1.165) is 0 Å². The fraction of sp³-hybridized carbons (Fsp3) is 0.500. The average molecular weight is 300 g/mol. The summed E-state index contributed by atoms with van der Waals surface area (Å²) in [5, 5.41) is 36.8. The molecule has 1 aromatic rings. The van der Waals surface area contributed by atoms with E-state index in [1.54, 1.807) is 0 Å². The number of hydrogen-bond donors (Lipinski definition) is 4. The summed E-state index contributed by atoms with van der Waals surface area (Å²) in [6.07, 6.45) is 0.325. The summed E-state index contributed by atoms with van der Waals surface area (Å²) in [6, 6.07) is 2.00. The van der Waals surface area contributed by atoms with E-state index in [-0.39, 0.29) is 22.9 Å². The normalized spacial score (nSPS) is 30.2. The molecule has 4 atom stereocenters. The van der Waals surface area contributed by atoms with Crippen molar-refractivity contribution < 1.29 is 15.3 Å². The van der Waals surface area contributed by atoms with Crippen LogP contribution in [0, 0.1) is 22.0 Å². The highest BCUT2D eigenvalue weighted by atomic mass is 32.2. The molecule has 0 saturated carbocycles. The highest BCUT2D eigenvalue weighted by Crippen LogP contribution is 2.46. The lowest BCUT2D eigenvalue weighted by atomic mass is 10.0. The predicted octanol–water partition coefficient (Wildman–Crippen LogP) is 0.00737. The smallest absolute Gasteiger partial charge is 0.202 e. The third-order valence-corrected chi connectivity index (χ3v) is 4.81. The van der Waals surface area contributed by atoms with Gasteiger partial charge < -0.3 is 25.6 Å². The Labute approximate surface area is 118 Å². The zero-order valence-corrected chi connectivity index (χ0v) is 11.3. The monoisotopic (exact) mass is 300 g/mol. The van der Waals surface area contributed by atoms with Crippen molar-refractivity contribution in [3.8, 4) is 11.8 Å². The number of aromatic nitrogens is 2. The van der Waals surface area contributed by atoms with Crippen LogP contribution in [0.5, 0.6) is 5.75 Å². The third-order valence-electron chi connectivity index (χ3n) is 2.93. The third kappa shape index (κ3) is 2.40. The molecule has 1 aliphatic rings. The number of thioether (sulfide) groups is 1. The topological polar surface area (TPSA) is 128 Å². The zero-order chi connectivity index (χ0) is 14.2. The van der Waals surface area contributed by atoms with Crippen LogP contribution in [-0.2, 0) is 0 Å². The van der Waals surface area contributed by atoms with Gasteiger partial charge in [-0.05, 0) is 12.2 Å². The van der Waals surface area contributed by atoms with Crippen LogP contribution >= 0.6 is 24.0 Å². The van der Waals surface area contributed by atoms with Gasteiger partial charge >= 0.3 is 0 Å². The highest BCUT2D eigenvalue weighted by Gasteiger charge is 2.44. The van der Waals surface area contributed by atoms with E-state index >= 15 is 0 Å². The quantitative estimate of drug-likeness (QED) is 0.562. The van der Waals surface area contributed by atoms with Crippen molar-refractivity contribution in [3.05, 3.63) is 11.0 Å². The Morgan fingerprint density at radius 2 is 2.32 bits per heavy atom. The largest absolute Gasteiger partial charge is 0.503 e. The van der Waals surface area contributed by atoms with Gasteiger partial charge in [-0.1, -0.05) is 0 Å². The summed E-state index contributed by atoms with van der Waals surface area (Å²) in [7, 11) is 0. The first-order valence-electron chi connectivity index (χ1n) is 5.41. The van der Waals surface area contributed by atoms with Gasteiger partial charge in [0.25, 0.3) is 0 Å². The molecule has 102 valence electrons. The molecule has 7 nitrogen and oxygen atoms in total. The van der Waals surface area contributed by atoms with Crippen LogP contribution in [0.4, 0.5) is 5.82 Å². The van der Waals surface area contributed by atoms with Crippen molar-refractivity contribution in [3.63, 3.8) is 0 Å². The van der Waals surface area contributed by atoms with Crippen LogP contribution in [0.2, 0.25) is 0 Å². The minimum atomic E-state index is -0.966. The summed E-state index contributed by atoms with van der Waals surface area (Å²) in [4.78, 5) is 3.80. The Hall–Kier alpha value is -1.34. The fourth-order valence-corrected chi connectivity index (χ4v) is 3.72. The lowest BCUT2D eigenvalue weighted by Crippen LogP contribution is -2.28.